The van der Waals surface area contributed by atoms with Crippen LogP contribution in [0.15, 0.2) is 36.8 Å². The van der Waals surface area contributed by atoms with Gasteiger partial charge < -0.3 is 0 Å². The van der Waals surface area contributed by atoms with Crippen LogP contribution in [0.2, 0.25) is 5.02 Å². The zero-order valence-corrected chi connectivity index (χ0v) is 16.1. The van der Waals surface area contributed by atoms with Crippen molar-refractivity contribution in [1.82, 2.24) is 29.4 Å². The first-order chi connectivity index (χ1) is 14.3. The van der Waals surface area contributed by atoms with E-state index >= 15 is 0 Å². The SMILES string of the molecule is Cc1cc(C(F)F)n2ncc(C(=O)Nc3ncn(Cc4c(F)cccc4Cl)n3)c2n1. The molecule has 0 aliphatic rings. The maximum Gasteiger partial charge on any atom is 0.280 e. The average molecular weight is 436 g/mol. The molecule has 0 aliphatic heterocycles. The van der Waals surface area contributed by atoms with E-state index in [0.717, 1.165) is 10.7 Å². The van der Waals surface area contributed by atoms with Crippen LogP contribution in [0.3, 0.4) is 0 Å². The Morgan fingerprint density at radius 3 is 2.87 bits per heavy atom. The van der Waals surface area contributed by atoms with E-state index in [1.807, 2.05) is 0 Å². The lowest BCUT2D eigenvalue weighted by Gasteiger charge is -2.06. The van der Waals surface area contributed by atoms with Gasteiger partial charge in [-0.2, -0.15) is 5.10 Å². The number of hydrogen-bond donors (Lipinski definition) is 1. The molecule has 0 saturated heterocycles. The summed E-state index contributed by atoms with van der Waals surface area (Å²) in [7, 11) is 0. The number of rotatable bonds is 5. The summed E-state index contributed by atoms with van der Waals surface area (Å²) in [4.78, 5) is 20.7. The summed E-state index contributed by atoms with van der Waals surface area (Å²) < 4.78 is 42.6. The number of halogens is 4. The highest BCUT2D eigenvalue weighted by atomic mass is 35.5. The Kier molecular flexibility index (Phi) is 5.12. The molecule has 1 N–H and O–H groups in total. The van der Waals surface area contributed by atoms with Gasteiger partial charge in [0.25, 0.3) is 12.3 Å². The molecule has 4 rings (SSSR count). The lowest BCUT2D eigenvalue weighted by molar-refractivity contribution is 0.102. The van der Waals surface area contributed by atoms with Crippen LogP contribution >= 0.6 is 11.6 Å². The first-order valence-electron chi connectivity index (χ1n) is 8.60. The second kappa shape index (κ2) is 7.75. The number of aryl methyl sites for hydroxylation is 1. The molecule has 12 heteroatoms. The summed E-state index contributed by atoms with van der Waals surface area (Å²) >= 11 is 6.00. The van der Waals surface area contributed by atoms with Gasteiger partial charge in [0.1, 0.15) is 23.4 Å². The molecule has 0 unspecified atom stereocenters. The van der Waals surface area contributed by atoms with Crippen LogP contribution in [-0.2, 0) is 6.54 Å². The maximum atomic E-state index is 13.9. The highest BCUT2D eigenvalue weighted by molar-refractivity contribution is 6.31. The van der Waals surface area contributed by atoms with Gasteiger partial charge in [0.2, 0.25) is 5.95 Å². The van der Waals surface area contributed by atoms with E-state index in [1.165, 1.54) is 36.1 Å². The lowest BCUT2D eigenvalue weighted by atomic mass is 10.2. The molecular weight excluding hydrogens is 423 g/mol. The molecule has 154 valence electrons. The average Bonchev–Trinajstić information content (AvgIpc) is 3.30. The molecule has 8 nitrogen and oxygen atoms in total. The number of benzene rings is 1. The molecule has 0 saturated carbocycles. The number of nitrogens with zero attached hydrogens (tertiary/aromatic N) is 6. The van der Waals surface area contributed by atoms with E-state index in [0.29, 0.717) is 5.69 Å². The monoisotopic (exact) mass is 435 g/mol. The number of amides is 1. The minimum absolute atomic E-state index is 0.00356. The molecule has 0 aliphatic carbocycles. The number of alkyl halides is 2. The van der Waals surface area contributed by atoms with Gasteiger partial charge in [0, 0.05) is 16.3 Å². The Hall–Kier alpha value is -3.47. The van der Waals surface area contributed by atoms with E-state index < -0.39 is 18.1 Å². The third-order valence-corrected chi connectivity index (χ3v) is 4.59. The Balaban J connectivity index is 1.57. The molecular formula is C18H13ClF3N7O. The van der Waals surface area contributed by atoms with Gasteiger partial charge in [-0.05, 0) is 25.1 Å². The number of nitrogens with one attached hydrogen (secondary N) is 1. The van der Waals surface area contributed by atoms with Crippen molar-refractivity contribution in [3.63, 3.8) is 0 Å². The van der Waals surface area contributed by atoms with Crippen LogP contribution < -0.4 is 5.32 Å². The van der Waals surface area contributed by atoms with Gasteiger partial charge in [0.05, 0.1) is 12.7 Å². The molecule has 0 spiro atoms. The van der Waals surface area contributed by atoms with Crippen molar-refractivity contribution in [3.05, 3.63) is 70.1 Å². The summed E-state index contributed by atoms with van der Waals surface area (Å²) in [6, 6.07) is 5.51. The van der Waals surface area contributed by atoms with E-state index in [9.17, 15) is 18.0 Å². The number of fused-ring (bicyclic) bond motifs is 1. The van der Waals surface area contributed by atoms with Crippen LogP contribution in [0.1, 0.15) is 33.7 Å². The molecule has 1 aromatic carbocycles. The van der Waals surface area contributed by atoms with Crippen molar-refractivity contribution in [3.8, 4) is 0 Å². The predicted molar refractivity (Wildman–Crippen MR) is 101 cm³/mol. The fraction of sp³-hybridized carbons (Fsp3) is 0.167. The third-order valence-electron chi connectivity index (χ3n) is 4.24. The summed E-state index contributed by atoms with van der Waals surface area (Å²) in [5.74, 6) is -1.23. The highest BCUT2D eigenvalue weighted by Crippen LogP contribution is 2.22. The van der Waals surface area contributed by atoms with E-state index in [2.05, 4.69) is 25.5 Å². The maximum absolute atomic E-state index is 13.9. The van der Waals surface area contributed by atoms with Crippen molar-refractivity contribution in [1.29, 1.82) is 0 Å². The molecule has 3 heterocycles. The number of hydrogen-bond acceptors (Lipinski definition) is 5. The standard InChI is InChI=1S/C18H13ClF3N7O/c1-9-5-14(15(21)22)29-16(25-9)10(6-24-29)17(30)26-18-23-8-28(27-18)7-11-12(19)3-2-4-13(11)20/h2-6,8,15H,7H2,1H3,(H,26,27,30). The van der Waals surface area contributed by atoms with Crippen LogP contribution in [0.4, 0.5) is 19.1 Å². The summed E-state index contributed by atoms with van der Waals surface area (Å²) in [6.07, 6.45) is -0.349. The summed E-state index contributed by atoms with van der Waals surface area (Å²) in [6.45, 7) is 1.54. The Morgan fingerprint density at radius 2 is 2.13 bits per heavy atom. The first-order valence-corrected chi connectivity index (χ1v) is 8.98. The second-order valence-corrected chi connectivity index (χ2v) is 6.74. The number of aromatic nitrogens is 6. The van der Waals surface area contributed by atoms with E-state index in [4.69, 9.17) is 11.6 Å². The molecule has 0 atom stereocenters. The molecule has 0 radical (unpaired) electrons. The van der Waals surface area contributed by atoms with Crippen molar-refractivity contribution in [2.45, 2.75) is 19.9 Å². The van der Waals surface area contributed by atoms with Gasteiger partial charge in [-0.1, -0.05) is 17.7 Å². The van der Waals surface area contributed by atoms with Gasteiger partial charge in [-0.15, -0.1) is 5.10 Å². The summed E-state index contributed by atoms with van der Waals surface area (Å²) in [5, 5.41) is 10.6. The van der Waals surface area contributed by atoms with Gasteiger partial charge in [0.15, 0.2) is 5.65 Å². The Bertz CT molecular complexity index is 1230. The van der Waals surface area contributed by atoms with E-state index in [1.54, 1.807) is 6.07 Å². The zero-order valence-electron chi connectivity index (χ0n) is 15.4. The smallest absolute Gasteiger partial charge is 0.280 e. The van der Waals surface area contributed by atoms with Crippen molar-refractivity contribution in [2.75, 3.05) is 5.32 Å². The minimum atomic E-state index is -2.78. The quantitative estimate of drug-likeness (QED) is 0.516. The fourth-order valence-corrected chi connectivity index (χ4v) is 3.09. The fourth-order valence-electron chi connectivity index (χ4n) is 2.87. The topological polar surface area (TPSA) is 90.0 Å². The van der Waals surface area contributed by atoms with Crippen molar-refractivity contribution < 1.29 is 18.0 Å². The molecule has 3 aromatic heterocycles. The van der Waals surface area contributed by atoms with Crippen LogP contribution in [0.25, 0.3) is 5.65 Å². The number of carbonyl (C=O) groups excluding carboxylic acids is 1. The van der Waals surface area contributed by atoms with Crippen molar-refractivity contribution >= 4 is 29.1 Å². The largest absolute Gasteiger partial charge is 0.289 e. The Labute approximate surface area is 172 Å². The predicted octanol–water partition coefficient (Wildman–Crippen LogP) is 3.66. The van der Waals surface area contributed by atoms with Crippen LogP contribution in [0.5, 0.6) is 0 Å². The van der Waals surface area contributed by atoms with E-state index in [-0.39, 0.29) is 40.0 Å². The van der Waals surface area contributed by atoms with Crippen LogP contribution in [0, 0.1) is 12.7 Å². The molecule has 0 fully saturated rings. The molecule has 4 aromatic rings. The van der Waals surface area contributed by atoms with Gasteiger partial charge in [-0.3, -0.25) is 10.1 Å². The highest BCUT2D eigenvalue weighted by Gasteiger charge is 2.21. The number of anilines is 1. The zero-order chi connectivity index (χ0) is 21.4. The Morgan fingerprint density at radius 1 is 1.33 bits per heavy atom. The van der Waals surface area contributed by atoms with Gasteiger partial charge in [-0.25, -0.2) is 32.3 Å². The molecule has 1 amide bonds. The first kappa shape index (κ1) is 19.8. The normalized spacial score (nSPS) is 11.4. The van der Waals surface area contributed by atoms with Crippen LogP contribution in [-0.4, -0.2) is 35.3 Å². The lowest BCUT2D eigenvalue weighted by Crippen LogP contribution is -2.14. The summed E-state index contributed by atoms with van der Waals surface area (Å²) in [5.41, 5.74) is 0.135. The minimum Gasteiger partial charge on any atom is -0.289 e. The number of carbonyl (C=O) groups is 1. The molecule has 30 heavy (non-hydrogen) atoms. The second-order valence-electron chi connectivity index (χ2n) is 6.34. The molecule has 0 bridgehead atoms. The van der Waals surface area contributed by atoms with Gasteiger partial charge >= 0.3 is 0 Å². The van der Waals surface area contributed by atoms with Crippen molar-refractivity contribution in [2.24, 2.45) is 0 Å². The third kappa shape index (κ3) is 3.71.